The lowest BCUT2D eigenvalue weighted by Crippen LogP contribution is -2.01. The SMILES string of the molecule is Cc1cc(CSc2nnc(C(C)C)n2C)c2ccccc2n1. The molecule has 3 aromatic rings. The maximum absolute atomic E-state index is 4.59. The monoisotopic (exact) mass is 312 g/mol. The Morgan fingerprint density at radius 1 is 1.18 bits per heavy atom. The van der Waals surface area contributed by atoms with E-state index in [4.69, 9.17) is 0 Å². The van der Waals surface area contributed by atoms with Crippen LogP contribution in [-0.4, -0.2) is 19.7 Å². The normalized spacial score (nSPS) is 11.5. The molecule has 0 N–H and O–H groups in total. The van der Waals surface area contributed by atoms with E-state index in [1.165, 1.54) is 10.9 Å². The molecule has 0 atom stereocenters. The van der Waals surface area contributed by atoms with Crippen molar-refractivity contribution in [1.29, 1.82) is 0 Å². The molecule has 0 aliphatic heterocycles. The van der Waals surface area contributed by atoms with Gasteiger partial charge >= 0.3 is 0 Å². The van der Waals surface area contributed by atoms with Gasteiger partial charge in [0.05, 0.1) is 5.52 Å². The maximum atomic E-state index is 4.59. The molecular formula is C17H20N4S. The van der Waals surface area contributed by atoms with E-state index in [1.54, 1.807) is 11.8 Å². The van der Waals surface area contributed by atoms with E-state index in [0.29, 0.717) is 5.92 Å². The van der Waals surface area contributed by atoms with Crippen molar-refractivity contribution in [2.45, 2.75) is 37.6 Å². The van der Waals surface area contributed by atoms with E-state index < -0.39 is 0 Å². The van der Waals surface area contributed by atoms with Crippen LogP contribution in [0.15, 0.2) is 35.5 Å². The van der Waals surface area contributed by atoms with Crippen LogP contribution >= 0.6 is 11.8 Å². The van der Waals surface area contributed by atoms with Crippen LogP contribution < -0.4 is 0 Å². The molecule has 0 aliphatic rings. The number of rotatable bonds is 4. The zero-order chi connectivity index (χ0) is 15.7. The summed E-state index contributed by atoms with van der Waals surface area (Å²) in [5, 5.41) is 10.8. The number of para-hydroxylation sites is 1. The molecule has 1 aromatic carbocycles. The van der Waals surface area contributed by atoms with Crippen LogP contribution in [-0.2, 0) is 12.8 Å². The van der Waals surface area contributed by atoms with Gasteiger partial charge in [0.25, 0.3) is 0 Å². The number of thioether (sulfide) groups is 1. The Morgan fingerprint density at radius 3 is 2.68 bits per heavy atom. The lowest BCUT2D eigenvalue weighted by atomic mass is 10.1. The first-order valence-corrected chi connectivity index (χ1v) is 8.42. The van der Waals surface area contributed by atoms with Crippen LogP contribution in [0.4, 0.5) is 0 Å². The Kier molecular flexibility index (Phi) is 4.16. The minimum Gasteiger partial charge on any atom is -0.309 e. The number of pyridine rings is 1. The summed E-state index contributed by atoms with van der Waals surface area (Å²) in [4.78, 5) is 4.59. The van der Waals surface area contributed by atoms with Gasteiger partial charge in [0.1, 0.15) is 5.82 Å². The van der Waals surface area contributed by atoms with Gasteiger partial charge in [0.15, 0.2) is 5.16 Å². The van der Waals surface area contributed by atoms with Crippen molar-refractivity contribution < 1.29 is 0 Å². The van der Waals surface area contributed by atoms with Gasteiger partial charge in [-0.1, -0.05) is 43.8 Å². The van der Waals surface area contributed by atoms with Crippen molar-refractivity contribution in [3.8, 4) is 0 Å². The first-order chi connectivity index (χ1) is 10.6. The highest BCUT2D eigenvalue weighted by Gasteiger charge is 2.13. The second-order valence-electron chi connectivity index (χ2n) is 5.78. The van der Waals surface area contributed by atoms with Gasteiger partial charge in [-0.2, -0.15) is 0 Å². The Hall–Kier alpha value is -1.88. The summed E-state index contributed by atoms with van der Waals surface area (Å²) in [7, 11) is 2.04. The standard InChI is InChI=1S/C17H20N4S/c1-11(2)16-19-20-17(21(16)4)22-10-13-9-12(3)18-15-8-6-5-7-14(13)15/h5-9,11H,10H2,1-4H3. The van der Waals surface area contributed by atoms with E-state index in [-0.39, 0.29) is 0 Å². The van der Waals surface area contributed by atoms with Crippen LogP contribution in [0, 0.1) is 6.92 Å². The summed E-state index contributed by atoms with van der Waals surface area (Å²) in [5.74, 6) is 2.28. The van der Waals surface area contributed by atoms with Crippen molar-refractivity contribution in [2.75, 3.05) is 0 Å². The largest absolute Gasteiger partial charge is 0.309 e. The average molecular weight is 312 g/mol. The molecule has 0 saturated heterocycles. The molecule has 5 heteroatoms. The first kappa shape index (κ1) is 15.0. The van der Waals surface area contributed by atoms with Gasteiger partial charge < -0.3 is 4.57 Å². The van der Waals surface area contributed by atoms with Crippen molar-refractivity contribution in [2.24, 2.45) is 7.05 Å². The lowest BCUT2D eigenvalue weighted by Gasteiger charge is -2.08. The van der Waals surface area contributed by atoms with Crippen molar-refractivity contribution >= 4 is 22.7 Å². The number of hydrogen-bond acceptors (Lipinski definition) is 4. The van der Waals surface area contributed by atoms with E-state index >= 15 is 0 Å². The van der Waals surface area contributed by atoms with Gasteiger partial charge in [-0.05, 0) is 24.6 Å². The zero-order valence-electron chi connectivity index (χ0n) is 13.4. The highest BCUT2D eigenvalue weighted by Crippen LogP contribution is 2.27. The molecule has 0 fully saturated rings. The fraction of sp³-hybridized carbons (Fsp3) is 0.353. The lowest BCUT2D eigenvalue weighted by molar-refractivity contribution is 0.680. The second-order valence-corrected chi connectivity index (χ2v) is 6.73. The number of fused-ring (bicyclic) bond motifs is 1. The number of aryl methyl sites for hydroxylation is 1. The summed E-state index contributed by atoms with van der Waals surface area (Å²) < 4.78 is 2.09. The molecule has 2 aromatic heterocycles. The Balaban J connectivity index is 1.88. The first-order valence-electron chi connectivity index (χ1n) is 7.43. The predicted molar refractivity (Wildman–Crippen MR) is 91.1 cm³/mol. The van der Waals surface area contributed by atoms with E-state index in [0.717, 1.165) is 27.9 Å². The third-order valence-electron chi connectivity index (χ3n) is 3.67. The minimum absolute atomic E-state index is 0.385. The molecular weight excluding hydrogens is 292 g/mol. The van der Waals surface area contributed by atoms with Crippen LogP contribution in [0.3, 0.4) is 0 Å². The Bertz CT molecular complexity index is 808. The van der Waals surface area contributed by atoms with E-state index in [2.05, 4.69) is 57.9 Å². The molecule has 0 aliphatic carbocycles. The molecule has 0 unspecified atom stereocenters. The number of nitrogens with zero attached hydrogens (tertiary/aromatic N) is 4. The van der Waals surface area contributed by atoms with Crippen LogP contribution in [0.25, 0.3) is 10.9 Å². The zero-order valence-corrected chi connectivity index (χ0v) is 14.2. The average Bonchev–Trinajstić information content (AvgIpc) is 2.85. The molecule has 0 amide bonds. The smallest absolute Gasteiger partial charge is 0.191 e. The van der Waals surface area contributed by atoms with Gasteiger partial charge in [0.2, 0.25) is 0 Å². The third kappa shape index (κ3) is 2.86. The molecule has 0 bridgehead atoms. The molecule has 3 rings (SSSR count). The quantitative estimate of drug-likeness (QED) is 0.681. The molecule has 0 spiro atoms. The number of benzene rings is 1. The second kappa shape index (κ2) is 6.08. The van der Waals surface area contributed by atoms with Crippen LogP contribution in [0.1, 0.15) is 36.8 Å². The van der Waals surface area contributed by atoms with Crippen molar-refractivity contribution in [3.05, 3.63) is 47.4 Å². The van der Waals surface area contributed by atoms with Gasteiger partial charge in [-0.3, -0.25) is 4.98 Å². The molecule has 0 radical (unpaired) electrons. The number of hydrogen-bond donors (Lipinski definition) is 0. The van der Waals surface area contributed by atoms with E-state index in [9.17, 15) is 0 Å². The minimum atomic E-state index is 0.385. The summed E-state index contributed by atoms with van der Waals surface area (Å²) in [6.45, 7) is 6.32. The highest BCUT2D eigenvalue weighted by atomic mass is 32.2. The van der Waals surface area contributed by atoms with Gasteiger partial charge in [-0.25, -0.2) is 0 Å². The summed E-state index contributed by atoms with van der Waals surface area (Å²) >= 11 is 1.72. The van der Waals surface area contributed by atoms with Crippen LogP contribution in [0.5, 0.6) is 0 Å². The molecule has 0 saturated carbocycles. The molecule has 2 heterocycles. The van der Waals surface area contributed by atoms with Crippen LogP contribution in [0.2, 0.25) is 0 Å². The Labute approximate surface area is 135 Å². The fourth-order valence-corrected chi connectivity index (χ4v) is 3.52. The summed E-state index contributed by atoms with van der Waals surface area (Å²) in [6.07, 6.45) is 0. The Morgan fingerprint density at radius 2 is 1.95 bits per heavy atom. The molecule has 4 nitrogen and oxygen atoms in total. The third-order valence-corrected chi connectivity index (χ3v) is 4.74. The van der Waals surface area contributed by atoms with Gasteiger partial charge in [0, 0.05) is 29.8 Å². The number of aromatic nitrogens is 4. The maximum Gasteiger partial charge on any atom is 0.191 e. The van der Waals surface area contributed by atoms with Crippen molar-refractivity contribution in [1.82, 2.24) is 19.7 Å². The topological polar surface area (TPSA) is 43.6 Å². The predicted octanol–water partition coefficient (Wildman–Crippen LogP) is 4.09. The van der Waals surface area contributed by atoms with Crippen molar-refractivity contribution in [3.63, 3.8) is 0 Å². The molecule has 114 valence electrons. The fourth-order valence-electron chi connectivity index (χ4n) is 2.61. The summed E-state index contributed by atoms with van der Waals surface area (Å²) in [5.41, 5.74) is 3.40. The van der Waals surface area contributed by atoms with Gasteiger partial charge in [-0.15, -0.1) is 10.2 Å². The summed E-state index contributed by atoms with van der Waals surface area (Å²) in [6, 6.07) is 10.5. The highest BCUT2D eigenvalue weighted by molar-refractivity contribution is 7.98. The van der Waals surface area contributed by atoms with E-state index in [1.807, 2.05) is 20.0 Å². The molecule has 22 heavy (non-hydrogen) atoms.